The lowest BCUT2D eigenvalue weighted by atomic mass is 10.1. The minimum absolute atomic E-state index is 0.127. The van der Waals surface area contributed by atoms with Gasteiger partial charge in [-0.05, 0) is 42.3 Å². The Bertz CT molecular complexity index is 1260. The molecular formula is C22H23BrN4O5S. The fourth-order valence-electron chi connectivity index (χ4n) is 3.67. The second kappa shape index (κ2) is 10.0. The number of sulfonamides is 1. The van der Waals surface area contributed by atoms with Crippen LogP contribution in [0, 0.1) is 0 Å². The summed E-state index contributed by atoms with van der Waals surface area (Å²) < 4.78 is 33.3. The maximum Gasteiger partial charge on any atom is 0.309 e. The number of amides is 2. The van der Waals surface area contributed by atoms with Crippen molar-refractivity contribution >= 4 is 48.7 Å². The Morgan fingerprint density at radius 3 is 2.61 bits per heavy atom. The number of carbonyl (C=O) groups is 2. The van der Waals surface area contributed by atoms with Crippen molar-refractivity contribution in [1.82, 2.24) is 19.9 Å². The SMILES string of the molecule is O=C(NCCc1c[nH]c2ccccc12)C(=O)NC[C@H]1OCCN1S(=O)(=O)c1ccc(Br)cc1. The van der Waals surface area contributed by atoms with Gasteiger partial charge in [0.2, 0.25) is 10.0 Å². The van der Waals surface area contributed by atoms with Gasteiger partial charge in [0.25, 0.3) is 0 Å². The molecule has 1 aromatic heterocycles. The molecule has 0 radical (unpaired) electrons. The number of fused-ring (bicyclic) bond motifs is 1. The van der Waals surface area contributed by atoms with E-state index in [4.69, 9.17) is 4.74 Å². The number of aromatic nitrogens is 1. The van der Waals surface area contributed by atoms with Gasteiger partial charge in [-0.1, -0.05) is 34.1 Å². The van der Waals surface area contributed by atoms with Gasteiger partial charge < -0.3 is 20.4 Å². The molecule has 4 rings (SSSR count). The minimum Gasteiger partial charge on any atom is -0.361 e. The van der Waals surface area contributed by atoms with Crippen molar-refractivity contribution < 1.29 is 22.7 Å². The Balaban J connectivity index is 1.28. The number of hydrogen-bond acceptors (Lipinski definition) is 5. The Morgan fingerprint density at radius 1 is 1.09 bits per heavy atom. The quantitative estimate of drug-likeness (QED) is 0.399. The van der Waals surface area contributed by atoms with Gasteiger partial charge in [0, 0.05) is 34.7 Å². The normalized spacial score (nSPS) is 16.7. The average Bonchev–Trinajstić information content (AvgIpc) is 3.45. The summed E-state index contributed by atoms with van der Waals surface area (Å²) in [4.78, 5) is 27.7. The lowest BCUT2D eigenvalue weighted by Gasteiger charge is -2.22. The standard InChI is InChI=1S/C22H23BrN4O5S/c23-16-5-7-17(8-6-16)33(30,31)27-11-12-32-20(27)14-26-22(29)21(28)24-10-9-15-13-25-19-4-2-1-3-18(15)19/h1-8,13,20,25H,9-12,14H2,(H,24,28)(H,26,29)/t20-/m1/s1. The molecule has 2 heterocycles. The monoisotopic (exact) mass is 534 g/mol. The predicted molar refractivity (Wildman–Crippen MR) is 126 cm³/mol. The molecule has 2 aromatic carbocycles. The van der Waals surface area contributed by atoms with Crippen LogP contribution in [-0.4, -0.2) is 62.0 Å². The third kappa shape index (κ3) is 5.27. The fourth-order valence-corrected chi connectivity index (χ4v) is 5.45. The second-order valence-corrected chi connectivity index (χ2v) is 10.3. The summed E-state index contributed by atoms with van der Waals surface area (Å²) in [6.45, 7) is 0.519. The molecule has 1 saturated heterocycles. The topological polar surface area (TPSA) is 121 Å². The Hall–Kier alpha value is -2.73. The van der Waals surface area contributed by atoms with E-state index in [1.54, 1.807) is 12.1 Å². The van der Waals surface area contributed by atoms with Crippen LogP contribution in [0.25, 0.3) is 10.9 Å². The van der Waals surface area contributed by atoms with Crippen LogP contribution in [0.2, 0.25) is 0 Å². The third-order valence-corrected chi connectivity index (χ3v) is 7.79. The molecular weight excluding hydrogens is 512 g/mol. The summed E-state index contributed by atoms with van der Waals surface area (Å²) in [5.74, 6) is -1.62. The van der Waals surface area contributed by atoms with Crippen LogP contribution in [-0.2, 0) is 30.8 Å². The largest absolute Gasteiger partial charge is 0.361 e. The summed E-state index contributed by atoms with van der Waals surface area (Å²) >= 11 is 3.28. The van der Waals surface area contributed by atoms with Gasteiger partial charge in [-0.15, -0.1) is 0 Å². The zero-order chi connectivity index (χ0) is 23.4. The minimum atomic E-state index is -3.80. The van der Waals surface area contributed by atoms with Crippen molar-refractivity contribution in [3.05, 3.63) is 64.8 Å². The van der Waals surface area contributed by atoms with Gasteiger partial charge in [0.1, 0.15) is 6.23 Å². The molecule has 174 valence electrons. The number of nitrogens with zero attached hydrogens (tertiary/aromatic N) is 1. The second-order valence-electron chi connectivity index (χ2n) is 7.47. The van der Waals surface area contributed by atoms with Gasteiger partial charge in [-0.2, -0.15) is 4.31 Å². The number of aromatic amines is 1. The summed E-state index contributed by atoms with van der Waals surface area (Å²) in [6, 6.07) is 14.1. The van der Waals surface area contributed by atoms with E-state index in [0.717, 1.165) is 20.9 Å². The van der Waals surface area contributed by atoms with Crippen molar-refractivity contribution in [3.63, 3.8) is 0 Å². The highest BCUT2D eigenvalue weighted by Crippen LogP contribution is 2.23. The first-order valence-electron chi connectivity index (χ1n) is 10.4. The van der Waals surface area contributed by atoms with Crippen LogP contribution in [0.3, 0.4) is 0 Å². The van der Waals surface area contributed by atoms with E-state index in [1.807, 2.05) is 30.5 Å². The first-order valence-corrected chi connectivity index (χ1v) is 12.6. The van der Waals surface area contributed by atoms with Gasteiger partial charge in [-0.25, -0.2) is 8.42 Å². The van der Waals surface area contributed by atoms with Gasteiger partial charge in [-0.3, -0.25) is 9.59 Å². The Labute approximate surface area is 199 Å². The molecule has 0 spiro atoms. The molecule has 1 aliphatic rings. The Morgan fingerprint density at radius 2 is 1.82 bits per heavy atom. The number of rotatable bonds is 7. The molecule has 11 heteroatoms. The molecule has 0 saturated carbocycles. The van der Waals surface area contributed by atoms with Crippen LogP contribution >= 0.6 is 15.9 Å². The average molecular weight is 535 g/mol. The molecule has 0 bridgehead atoms. The smallest absolute Gasteiger partial charge is 0.309 e. The van der Waals surface area contributed by atoms with Gasteiger partial charge in [0.15, 0.2) is 0 Å². The maximum absolute atomic E-state index is 12.9. The number of benzene rings is 2. The first kappa shape index (κ1) is 23.4. The molecule has 9 nitrogen and oxygen atoms in total. The highest BCUT2D eigenvalue weighted by molar-refractivity contribution is 9.10. The predicted octanol–water partition coefficient (Wildman–Crippen LogP) is 1.75. The zero-order valence-corrected chi connectivity index (χ0v) is 20.0. The fraction of sp³-hybridized carbons (Fsp3) is 0.273. The van der Waals surface area contributed by atoms with Crippen molar-refractivity contribution in [2.45, 2.75) is 17.5 Å². The lowest BCUT2D eigenvalue weighted by molar-refractivity contribution is -0.139. The van der Waals surface area contributed by atoms with E-state index in [9.17, 15) is 18.0 Å². The van der Waals surface area contributed by atoms with Crippen molar-refractivity contribution in [2.24, 2.45) is 0 Å². The molecule has 1 fully saturated rings. The highest BCUT2D eigenvalue weighted by Gasteiger charge is 2.36. The van der Waals surface area contributed by atoms with Crippen LogP contribution in [0.5, 0.6) is 0 Å². The molecule has 1 atom stereocenters. The number of ether oxygens (including phenoxy) is 1. The summed E-state index contributed by atoms with van der Waals surface area (Å²) in [6.07, 6.45) is 1.56. The molecule has 33 heavy (non-hydrogen) atoms. The van der Waals surface area contributed by atoms with Crippen molar-refractivity contribution in [3.8, 4) is 0 Å². The zero-order valence-electron chi connectivity index (χ0n) is 17.6. The molecule has 0 unspecified atom stereocenters. The van der Waals surface area contributed by atoms with E-state index in [2.05, 4.69) is 31.5 Å². The molecule has 3 aromatic rings. The van der Waals surface area contributed by atoms with E-state index in [0.29, 0.717) is 6.42 Å². The third-order valence-electron chi connectivity index (χ3n) is 5.36. The summed E-state index contributed by atoms with van der Waals surface area (Å²) in [5, 5.41) is 6.13. The lowest BCUT2D eigenvalue weighted by Crippen LogP contribution is -2.47. The molecule has 3 N–H and O–H groups in total. The van der Waals surface area contributed by atoms with Gasteiger partial charge >= 0.3 is 11.8 Å². The van der Waals surface area contributed by atoms with Crippen molar-refractivity contribution in [2.75, 3.05) is 26.2 Å². The Kier molecular flexibility index (Phi) is 7.13. The summed E-state index contributed by atoms with van der Waals surface area (Å²) in [7, 11) is -3.80. The number of nitrogens with one attached hydrogen (secondary N) is 3. The summed E-state index contributed by atoms with van der Waals surface area (Å²) in [5.41, 5.74) is 2.05. The number of H-pyrrole nitrogens is 1. The van der Waals surface area contributed by atoms with Crippen LogP contribution in [0.15, 0.2) is 64.1 Å². The first-order chi connectivity index (χ1) is 15.9. The van der Waals surface area contributed by atoms with Crippen molar-refractivity contribution in [1.29, 1.82) is 0 Å². The number of para-hydroxylation sites is 1. The highest BCUT2D eigenvalue weighted by atomic mass is 79.9. The number of hydrogen-bond donors (Lipinski definition) is 3. The van der Waals surface area contributed by atoms with Crippen LogP contribution in [0.4, 0.5) is 0 Å². The van der Waals surface area contributed by atoms with Crippen LogP contribution < -0.4 is 10.6 Å². The maximum atomic E-state index is 12.9. The van der Waals surface area contributed by atoms with E-state index in [1.165, 1.54) is 16.4 Å². The van der Waals surface area contributed by atoms with E-state index < -0.39 is 28.1 Å². The molecule has 2 amide bonds. The molecule has 0 aliphatic carbocycles. The number of halogens is 1. The van der Waals surface area contributed by atoms with Gasteiger partial charge in [0.05, 0.1) is 18.0 Å². The van der Waals surface area contributed by atoms with E-state index >= 15 is 0 Å². The molecule has 1 aliphatic heterocycles. The van der Waals surface area contributed by atoms with E-state index in [-0.39, 0.29) is 31.1 Å². The van der Waals surface area contributed by atoms with Crippen LogP contribution in [0.1, 0.15) is 5.56 Å². The number of carbonyl (C=O) groups excluding carboxylic acids is 2.